The van der Waals surface area contributed by atoms with E-state index in [1.807, 2.05) is 13.0 Å². The lowest BCUT2D eigenvalue weighted by Crippen LogP contribution is -2.59. The molecule has 7 atom stereocenters. The van der Waals surface area contributed by atoms with Gasteiger partial charge < -0.3 is 29.7 Å². The van der Waals surface area contributed by atoms with Crippen molar-refractivity contribution in [3.63, 3.8) is 0 Å². The summed E-state index contributed by atoms with van der Waals surface area (Å²) in [5.41, 5.74) is -4.57. The Morgan fingerprint density at radius 2 is 1.77 bits per heavy atom. The molecule has 4 aliphatic rings. The quantitative estimate of drug-likeness (QED) is 0.250. The average Bonchev–Trinajstić information content (AvgIpc) is 4.05. The fourth-order valence-electron chi connectivity index (χ4n) is 7.52. The summed E-state index contributed by atoms with van der Waals surface area (Å²) in [5, 5.41) is 4.74. The van der Waals surface area contributed by atoms with E-state index in [4.69, 9.17) is 14.2 Å². The van der Waals surface area contributed by atoms with Crippen molar-refractivity contribution in [1.82, 2.24) is 25.2 Å². The molecule has 2 aliphatic carbocycles. The predicted molar refractivity (Wildman–Crippen MR) is 197 cm³/mol. The summed E-state index contributed by atoms with van der Waals surface area (Å²) in [5.74, 6) is -4.62. The van der Waals surface area contributed by atoms with Crippen LogP contribution >= 0.6 is 0 Å². The molecule has 2 aromatic rings. The summed E-state index contributed by atoms with van der Waals surface area (Å²) in [6.07, 6.45) is -0.402. The molecule has 3 N–H and O–H groups in total. The zero-order chi connectivity index (χ0) is 41.7. The molecular weight excluding hydrogens is 779 g/mol. The minimum Gasteiger partial charge on any atom is -0.494 e. The zero-order valence-electron chi connectivity index (χ0n) is 32.2. The van der Waals surface area contributed by atoms with Crippen LogP contribution in [0.3, 0.4) is 0 Å². The van der Waals surface area contributed by atoms with Gasteiger partial charge in [-0.15, -0.1) is 0 Å². The van der Waals surface area contributed by atoms with Crippen LogP contribution in [0.25, 0.3) is 10.8 Å². The molecule has 57 heavy (non-hydrogen) atoms. The summed E-state index contributed by atoms with van der Waals surface area (Å²) < 4.78 is 100. The first-order chi connectivity index (χ1) is 26.7. The van der Waals surface area contributed by atoms with E-state index in [2.05, 4.69) is 20.3 Å². The van der Waals surface area contributed by atoms with Gasteiger partial charge in [0.2, 0.25) is 33.3 Å². The zero-order valence-corrected chi connectivity index (χ0v) is 33.0. The molecule has 4 amide bonds. The summed E-state index contributed by atoms with van der Waals surface area (Å²) in [4.78, 5) is 61.3. The highest BCUT2D eigenvalue weighted by molar-refractivity contribution is 7.91. The smallest absolute Gasteiger partial charge is 0.427 e. The number of nitrogens with zero attached hydrogens (tertiary/aromatic N) is 2. The topological polar surface area (TPSA) is 182 Å². The SMILES string of the molecule is COc1ccc2c(O[C@@H]3C[C@H]4C(=O)N[C@]5(C(=O)NS(=O)(=O)C6CC6)C[C@H]5/C=C\CC[C@H](C)C[C@@H](C)[C@H](NC(=O)OC(C)(C)C(F)(F)F)C(=O)N4C3)nccc2c1F. The van der Waals surface area contributed by atoms with Gasteiger partial charge in [0, 0.05) is 29.3 Å². The van der Waals surface area contributed by atoms with Crippen LogP contribution in [-0.4, -0.2) is 96.5 Å². The highest BCUT2D eigenvalue weighted by atomic mass is 32.2. The maximum Gasteiger partial charge on any atom is 0.427 e. The summed E-state index contributed by atoms with van der Waals surface area (Å²) in [7, 11) is -2.69. The highest BCUT2D eigenvalue weighted by Crippen LogP contribution is 2.46. The molecule has 0 radical (unpaired) electrons. The van der Waals surface area contributed by atoms with Gasteiger partial charge in [0.05, 0.1) is 18.9 Å². The van der Waals surface area contributed by atoms with Gasteiger partial charge in [-0.2, -0.15) is 13.2 Å². The normalized spacial score (nSPS) is 29.2. The van der Waals surface area contributed by atoms with E-state index in [0.717, 1.165) is 4.90 Å². The van der Waals surface area contributed by atoms with E-state index >= 15 is 4.39 Å². The number of sulfonamides is 1. The molecule has 2 saturated carbocycles. The number of ether oxygens (including phenoxy) is 3. The Balaban J connectivity index is 1.35. The molecule has 1 aromatic carbocycles. The maximum absolute atomic E-state index is 15.2. The number of hydrogen-bond donors (Lipinski definition) is 3. The van der Waals surface area contributed by atoms with E-state index < -0.39 is 92.2 Å². The lowest BCUT2D eigenvalue weighted by atomic mass is 9.88. The molecule has 0 unspecified atom stereocenters. The second-order valence-corrected chi connectivity index (χ2v) is 18.0. The van der Waals surface area contributed by atoms with Crippen molar-refractivity contribution in [3.8, 4) is 11.6 Å². The molecular formula is C38H47F4N5O9S. The van der Waals surface area contributed by atoms with E-state index in [9.17, 15) is 40.8 Å². The predicted octanol–water partition coefficient (Wildman–Crippen LogP) is 4.66. The average molecular weight is 826 g/mol. The van der Waals surface area contributed by atoms with Crippen molar-refractivity contribution in [1.29, 1.82) is 0 Å². The Labute approximate surface area is 327 Å². The van der Waals surface area contributed by atoms with Crippen LogP contribution < -0.4 is 24.8 Å². The number of aromatic nitrogens is 1. The summed E-state index contributed by atoms with van der Waals surface area (Å²) in [6.45, 7) is 4.61. The lowest BCUT2D eigenvalue weighted by Gasteiger charge is -2.34. The third kappa shape index (κ3) is 8.77. The standard InChI is InChI=1S/C38H47F4N5O9S/c1-20-8-6-7-9-22-18-37(22,34(50)46-57(52,53)24-10-11-24)45-31(48)27-17-23(55-32-26-12-13-28(54-5)29(39)25(26)14-15-43-32)19-47(27)33(49)30(21(2)16-20)44-35(51)56-36(3,4)38(40,41)42/h7,9,12-15,20-24,27,30H,6,8,10-11,16-19H2,1-5H3,(H,44,51)(H,45,48)(H,46,50)/b9-7-/t20-,21+,22+,23+,27-,30-,37+/m0/s1. The largest absolute Gasteiger partial charge is 0.494 e. The number of allylic oxidation sites excluding steroid dienone is 1. The number of fused-ring (bicyclic) bond motifs is 3. The Morgan fingerprint density at radius 3 is 2.44 bits per heavy atom. The summed E-state index contributed by atoms with van der Waals surface area (Å²) >= 11 is 0. The van der Waals surface area contributed by atoms with Gasteiger partial charge in [0.1, 0.15) is 23.7 Å². The van der Waals surface area contributed by atoms with Gasteiger partial charge in [-0.1, -0.05) is 26.0 Å². The van der Waals surface area contributed by atoms with E-state index in [1.165, 1.54) is 31.5 Å². The van der Waals surface area contributed by atoms with Crippen molar-refractivity contribution < 1.29 is 59.4 Å². The third-order valence-corrected chi connectivity index (χ3v) is 13.0. The van der Waals surface area contributed by atoms with Gasteiger partial charge in [0.25, 0.3) is 5.91 Å². The number of alkyl carbamates (subject to hydrolysis) is 1. The molecule has 0 spiro atoms. The fourth-order valence-corrected chi connectivity index (χ4v) is 8.89. The van der Waals surface area contributed by atoms with Crippen LogP contribution in [0.5, 0.6) is 11.6 Å². The van der Waals surface area contributed by atoms with Crippen LogP contribution in [0.4, 0.5) is 22.4 Å². The van der Waals surface area contributed by atoms with Gasteiger partial charge in [-0.3, -0.25) is 19.1 Å². The van der Waals surface area contributed by atoms with Gasteiger partial charge >= 0.3 is 12.3 Å². The third-order valence-electron chi connectivity index (χ3n) is 11.2. The minimum absolute atomic E-state index is 0.0241. The van der Waals surface area contributed by atoms with Crippen molar-refractivity contribution in [2.45, 2.75) is 113 Å². The van der Waals surface area contributed by atoms with E-state index in [1.54, 1.807) is 13.0 Å². The number of amides is 4. The molecule has 1 saturated heterocycles. The van der Waals surface area contributed by atoms with E-state index in [0.29, 0.717) is 46.0 Å². The number of nitrogens with one attached hydrogen (secondary N) is 3. The second-order valence-electron chi connectivity index (χ2n) is 16.1. The molecule has 1 aromatic heterocycles. The van der Waals surface area contributed by atoms with Gasteiger partial charge in [-0.05, 0) is 82.4 Å². The molecule has 312 valence electrons. The van der Waals surface area contributed by atoms with Crippen LogP contribution in [0.15, 0.2) is 36.5 Å². The Kier molecular flexibility index (Phi) is 11.5. The van der Waals surface area contributed by atoms with Crippen molar-refractivity contribution in [3.05, 3.63) is 42.4 Å². The Hall–Kier alpha value is -4.68. The monoisotopic (exact) mass is 825 g/mol. The Morgan fingerprint density at radius 1 is 1.05 bits per heavy atom. The molecule has 2 aliphatic heterocycles. The molecule has 3 fully saturated rings. The van der Waals surface area contributed by atoms with Crippen molar-refractivity contribution in [2.75, 3.05) is 13.7 Å². The first-order valence-corrected chi connectivity index (χ1v) is 20.4. The molecule has 19 heteroatoms. The molecule has 3 heterocycles. The lowest BCUT2D eigenvalue weighted by molar-refractivity contribution is -0.244. The van der Waals surface area contributed by atoms with Crippen molar-refractivity contribution in [2.24, 2.45) is 17.8 Å². The van der Waals surface area contributed by atoms with Crippen LogP contribution in [0.1, 0.15) is 72.6 Å². The Bertz CT molecular complexity index is 2060. The van der Waals surface area contributed by atoms with Crippen LogP contribution in [-0.2, 0) is 29.1 Å². The van der Waals surface area contributed by atoms with Crippen molar-refractivity contribution >= 4 is 44.6 Å². The fraction of sp³-hybridized carbons (Fsp3) is 0.605. The highest BCUT2D eigenvalue weighted by Gasteiger charge is 2.62. The number of rotatable bonds is 8. The van der Waals surface area contributed by atoms with Gasteiger partial charge in [0.15, 0.2) is 11.6 Å². The maximum atomic E-state index is 15.2. The first-order valence-electron chi connectivity index (χ1n) is 18.9. The molecule has 6 rings (SSSR count). The second kappa shape index (κ2) is 15.6. The molecule has 14 nitrogen and oxygen atoms in total. The number of hydrogen-bond acceptors (Lipinski definition) is 10. The number of carbonyl (C=O) groups excluding carboxylic acids is 4. The number of methoxy groups -OCH3 is 1. The number of alkyl halides is 3. The molecule has 0 bridgehead atoms. The van der Waals surface area contributed by atoms with Gasteiger partial charge in [-0.25, -0.2) is 22.6 Å². The van der Waals surface area contributed by atoms with Crippen LogP contribution in [0, 0.1) is 23.6 Å². The number of halogens is 4. The minimum atomic E-state index is -4.93. The number of benzene rings is 1. The first kappa shape index (κ1) is 41.9. The number of carbonyl (C=O) groups is 4. The van der Waals surface area contributed by atoms with E-state index in [-0.39, 0.29) is 47.7 Å². The van der Waals surface area contributed by atoms with Crippen LogP contribution in [0.2, 0.25) is 0 Å². The number of pyridine rings is 1. The summed E-state index contributed by atoms with van der Waals surface area (Å²) in [6, 6.07) is 1.47.